The number of hydrogen-bond donors (Lipinski definition) is 1. The zero-order valence-corrected chi connectivity index (χ0v) is 15.1. The van der Waals surface area contributed by atoms with Crippen LogP contribution in [0, 0.1) is 0 Å². The lowest BCUT2D eigenvalue weighted by Gasteiger charge is -2.09. The minimum atomic E-state index is -0.104. The highest BCUT2D eigenvalue weighted by atomic mass is 35.5. The highest BCUT2D eigenvalue weighted by Crippen LogP contribution is 2.23. The van der Waals surface area contributed by atoms with Crippen LogP contribution in [0.1, 0.15) is 0 Å². The lowest BCUT2D eigenvalue weighted by Crippen LogP contribution is -2.14. The van der Waals surface area contributed by atoms with E-state index in [0.717, 1.165) is 16.6 Å². The second-order valence-electron chi connectivity index (χ2n) is 5.13. The fourth-order valence-corrected chi connectivity index (χ4v) is 3.11. The van der Waals surface area contributed by atoms with Gasteiger partial charge in [-0.25, -0.2) is 4.98 Å². The monoisotopic (exact) mass is 373 g/mol. The van der Waals surface area contributed by atoms with Crippen molar-refractivity contribution >= 4 is 35.0 Å². The van der Waals surface area contributed by atoms with E-state index in [-0.39, 0.29) is 11.7 Å². The van der Waals surface area contributed by atoms with Gasteiger partial charge in [-0.2, -0.15) is 0 Å². The molecule has 0 saturated heterocycles. The van der Waals surface area contributed by atoms with Crippen LogP contribution in [0.5, 0.6) is 5.75 Å². The average Bonchev–Trinajstić information content (AvgIpc) is 3.10. The number of carbonyl (C=O) groups excluding carboxylic acids is 1. The van der Waals surface area contributed by atoms with Gasteiger partial charge in [-0.3, -0.25) is 9.36 Å². The Kier molecular flexibility index (Phi) is 5.63. The van der Waals surface area contributed by atoms with E-state index in [1.54, 1.807) is 37.6 Å². The third kappa shape index (κ3) is 4.55. The Morgan fingerprint density at radius 3 is 2.84 bits per heavy atom. The zero-order valence-electron chi connectivity index (χ0n) is 13.5. The van der Waals surface area contributed by atoms with Crippen LogP contribution in [-0.4, -0.2) is 28.3 Å². The van der Waals surface area contributed by atoms with Crippen LogP contribution >= 0.6 is 23.4 Å². The second-order valence-corrected chi connectivity index (χ2v) is 6.50. The minimum absolute atomic E-state index is 0.104. The number of hydrogen-bond acceptors (Lipinski definition) is 4. The summed E-state index contributed by atoms with van der Waals surface area (Å²) in [4.78, 5) is 16.4. The van der Waals surface area contributed by atoms with Crippen LogP contribution in [0.25, 0.3) is 5.69 Å². The van der Waals surface area contributed by atoms with E-state index in [0.29, 0.717) is 10.7 Å². The van der Waals surface area contributed by atoms with Crippen molar-refractivity contribution in [3.8, 4) is 11.4 Å². The van der Waals surface area contributed by atoms with E-state index in [9.17, 15) is 4.79 Å². The summed E-state index contributed by atoms with van der Waals surface area (Å²) in [7, 11) is 1.63. The van der Waals surface area contributed by atoms with E-state index >= 15 is 0 Å². The summed E-state index contributed by atoms with van der Waals surface area (Å²) >= 11 is 7.20. The fraction of sp³-hybridized carbons (Fsp3) is 0.111. The highest BCUT2D eigenvalue weighted by Gasteiger charge is 2.10. The Morgan fingerprint density at radius 1 is 1.28 bits per heavy atom. The topological polar surface area (TPSA) is 56.2 Å². The number of halogens is 1. The number of ether oxygens (including phenoxy) is 1. The molecule has 0 aliphatic rings. The molecule has 3 aromatic rings. The Balaban J connectivity index is 1.65. The molecule has 5 nitrogen and oxygen atoms in total. The first-order chi connectivity index (χ1) is 12.2. The van der Waals surface area contributed by atoms with Crippen LogP contribution in [0.4, 0.5) is 5.69 Å². The molecule has 1 N–H and O–H groups in total. The standard InChI is InChI=1S/C18H16ClN3O2S/c1-24-16-4-2-3-15(11-16)22-10-9-20-18(22)25-12-17(23)21-14-7-5-13(19)6-8-14/h2-11H,12H2,1H3,(H,21,23). The van der Waals surface area contributed by atoms with Gasteiger partial charge in [0.15, 0.2) is 5.16 Å². The van der Waals surface area contributed by atoms with E-state index in [1.807, 2.05) is 35.0 Å². The molecule has 1 aromatic heterocycles. The third-order valence-electron chi connectivity index (χ3n) is 3.40. The molecule has 0 spiro atoms. The number of methoxy groups -OCH3 is 1. The maximum Gasteiger partial charge on any atom is 0.234 e. The summed E-state index contributed by atoms with van der Waals surface area (Å²) in [6.07, 6.45) is 3.56. The summed E-state index contributed by atoms with van der Waals surface area (Å²) in [5.41, 5.74) is 1.64. The van der Waals surface area contributed by atoms with E-state index in [4.69, 9.17) is 16.3 Å². The molecule has 0 radical (unpaired) electrons. The molecular formula is C18H16ClN3O2S. The van der Waals surface area contributed by atoms with Gasteiger partial charge < -0.3 is 10.1 Å². The molecule has 0 atom stereocenters. The van der Waals surface area contributed by atoms with E-state index in [1.165, 1.54) is 11.8 Å². The smallest absolute Gasteiger partial charge is 0.234 e. The lowest BCUT2D eigenvalue weighted by atomic mass is 10.3. The largest absolute Gasteiger partial charge is 0.497 e. The molecule has 0 saturated carbocycles. The Morgan fingerprint density at radius 2 is 2.08 bits per heavy atom. The first kappa shape index (κ1) is 17.4. The molecule has 2 aromatic carbocycles. The number of amides is 1. The van der Waals surface area contributed by atoms with Crippen LogP contribution in [0.2, 0.25) is 5.02 Å². The first-order valence-corrected chi connectivity index (χ1v) is 8.88. The predicted molar refractivity (Wildman–Crippen MR) is 101 cm³/mol. The quantitative estimate of drug-likeness (QED) is 0.656. The maximum absolute atomic E-state index is 12.1. The van der Waals surface area contributed by atoms with Gasteiger partial charge in [0.25, 0.3) is 0 Å². The summed E-state index contributed by atoms with van der Waals surface area (Å²) in [6, 6.07) is 14.7. The van der Waals surface area contributed by atoms with Gasteiger partial charge in [0.2, 0.25) is 5.91 Å². The minimum Gasteiger partial charge on any atom is -0.497 e. The van der Waals surface area contributed by atoms with Crippen molar-refractivity contribution in [2.75, 3.05) is 18.2 Å². The number of rotatable bonds is 6. The van der Waals surface area contributed by atoms with Crippen LogP contribution in [0.15, 0.2) is 66.1 Å². The van der Waals surface area contributed by atoms with Crippen molar-refractivity contribution < 1.29 is 9.53 Å². The molecule has 25 heavy (non-hydrogen) atoms. The van der Waals surface area contributed by atoms with Crippen molar-refractivity contribution in [2.45, 2.75) is 5.16 Å². The summed E-state index contributed by atoms with van der Waals surface area (Å²) in [5.74, 6) is 0.916. The van der Waals surface area contributed by atoms with Crippen LogP contribution in [0.3, 0.4) is 0 Å². The third-order valence-corrected chi connectivity index (χ3v) is 4.62. The number of aromatic nitrogens is 2. The van der Waals surface area contributed by atoms with Crippen LogP contribution < -0.4 is 10.1 Å². The van der Waals surface area contributed by atoms with Crippen molar-refractivity contribution in [1.29, 1.82) is 0 Å². The highest BCUT2D eigenvalue weighted by molar-refractivity contribution is 7.99. The number of nitrogens with zero attached hydrogens (tertiary/aromatic N) is 2. The van der Waals surface area contributed by atoms with Gasteiger partial charge in [0, 0.05) is 29.2 Å². The van der Waals surface area contributed by atoms with Crippen molar-refractivity contribution in [3.05, 3.63) is 65.9 Å². The molecule has 0 fully saturated rings. The average molecular weight is 374 g/mol. The molecule has 0 unspecified atom stereocenters. The number of carbonyl (C=O) groups is 1. The molecule has 0 bridgehead atoms. The molecule has 1 amide bonds. The second kappa shape index (κ2) is 8.09. The number of benzene rings is 2. The van der Waals surface area contributed by atoms with Gasteiger partial charge in [0.1, 0.15) is 5.75 Å². The number of nitrogens with one attached hydrogen (secondary N) is 1. The van der Waals surface area contributed by atoms with E-state index < -0.39 is 0 Å². The van der Waals surface area contributed by atoms with Crippen molar-refractivity contribution in [2.24, 2.45) is 0 Å². The zero-order chi connectivity index (χ0) is 17.6. The Labute approximate surface area is 155 Å². The molecule has 3 rings (SSSR count). The normalized spacial score (nSPS) is 10.5. The Hall–Kier alpha value is -2.44. The van der Waals surface area contributed by atoms with E-state index in [2.05, 4.69) is 10.3 Å². The maximum atomic E-state index is 12.1. The predicted octanol–water partition coefficient (Wildman–Crippen LogP) is 4.27. The fourth-order valence-electron chi connectivity index (χ4n) is 2.21. The number of imidazole rings is 1. The Bertz CT molecular complexity index is 865. The molecule has 0 aliphatic heterocycles. The van der Waals surface area contributed by atoms with Gasteiger partial charge >= 0.3 is 0 Å². The lowest BCUT2D eigenvalue weighted by molar-refractivity contribution is -0.113. The first-order valence-electron chi connectivity index (χ1n) is 7.52. The van der Waals surface area contributed by atoms with Gasteiger partial charge in [0.05, 0.1) is 18.6 Å². The summed E-state index contributed by atoms with van der Waals surface area (Å²) < 4.78 is 7.17. The van der Waals surface area contributed by atoms with Gasteiger partial charge in [-0.15, -0.1) is 0 Å². The number of anilines is 1. The molecule has 128 valence electrons. The summed E-state index contributed by atoms with van der Waals surface area (Å²) in [5, 5.41) is 4.20. The summed E-state index contributed by atoms with van der Waals surface area (Å²) in [6.45, 7) is 0. The van der Waals surface area contributed by atoms with Gasteiger partial charge in [-0.05, 0) is 36.4 Å². The molecule has 0 aliphatic carbocycles. The molecule has 1 heterocycles. The van der Waals surface area contributed by atoms with Crippen LogP contribution in [-0.2, 0) is 4.79 Å². The SMILES string of the molecule is COc1cccc(-n2ccnc2SCC(=O)Nc2ccc(Cl)cc2)c1. The van der Waals surface area contributed by atoms with Crippen molar-refractivity contribution in [1.82, 2.24) is 9.55 Å². The van der Waals surface area contributed by atoms with Crippen molar-refractivity contribution in [3.63, 3.8) is 0 Å². The molecule has 7 heteroatoms. The molecular weight excluding hydrogens is 358 g/mol. The number of thioether (sulfide) groups is 1. The van der Waals surface area contributed by atoms with Gasteiger partial charge in [-0.1, -0.05) is 29.4 Å².